The topological polar surface area (TPSA) is 47.9 Å². The maximum atomic E-state index is 11.1. The Labute approximate surface area is 119 Å². The summed E-state index contributed by atoms with van der Waals surface area (Å²) in [5.41, 5.74) is 1.87. The number of rotatable bonds is 6. The highest BCUT2D eigenvalue weighted by Crippen LogP contribution is 2.05. The quantitative estimate of drug-likeness (QED) is 0.349. The van der Waals surface area contributed by atoms with Gasteiger partial charge in [0.2, 0.25) is 0 Å². The number of hydrogen-bond acceptors (Lipinski definition) is 4. The van der Waals surface area contributed by atoms with Crippen LogP contribution in [0.1, 0.15) is 25.0 Å². The first-order chi connectivity index (χ1) is 8.76. The minimum Gasteiger partial charge on any atom is -0.463 e. The predicted molar refractivity (Wildman–Crippen MR) is 78.6 cm³/mol. The molecule has 0 amide bonds. The van der Waals surface area contributed by atoms with E-state index >= 15 is 0 Å². The third kappa shape index (κ3) is 7.26. The highest BCUT2D eigenvalue weighted by Gasteiger charge is 1.94. The second kappa shape index (κ2) is 10.1. The Hall–Kier alpha value is -1.81. The number of benzene rings is 1. The first-order valence-electron chi connectivity index (χ1n) is 5.86. The zero-order valence-electron chi connectivity index (χ0n) is 11.0. The lowest BCUT2D eigenvalue weighted by Crippen LogP contribution is -1.98. The van der Waals surface area contributed by atoms with Crippen LogP contribution in [0.4, 0.5) is 0 Å². The number of carbonyl (C=O) groups is 1. The molecule has 0 aromatic heterocycles. The average molecular weight is 284 g/mol. The van der Waals surface area contributed by atoms with E-state index in [2.05, 4.69) is 5.16 Å². The van der Waals surface area contributed by atoms with Crippen molar-refractivity contribution in [3.05, 3.63) is 41.5 Å². The number of esters is 1. The molecule has 1 rings (SSSR count). The Morgan fingerprint density at radius 1 is 1.16 bits per heavy atom. The van der Waals surface area contributed by atoms with Gasteiger partial charge < -0.3 is 9.57 Å². The Morgan fingerprint density at radius 2 is 1.79 bits per heavy atom. The normalized spacial score (nSPS) is 10.4. The van der Waals surface area contributed by atoms with Crippen LogP contribution in [0.25, 0.3) is 6.08 Å². The van der Waals surface area contributed by atoms with Crippen molar-refractivity contribution in [1.29, 1.82) is 0 Å². The number of oxime groups is 1. The van der Waals surface area contributed by atoms with Crippen molar-refractivity contribution >= 4 is 30.7 Å². The van der Waals surface area contributed by atoms with Crippen LogP contribution >= 0.6 is 12.4 Å². The third-order valence-corrected chi connectivity index (χ3v) is 2.04. The van der Waals surface area contributed by atoms with Crippen LogP contribution in [0.15, 0.2) is 35.5 Å². The number of halogens is 1. The van der Waals surface area contributed by atoms with E-state index in [4.69, 9.17) is 9.57 Å². The molecule has 0 N–H and O–H groups in total. The molecule has 0 atom stereocenters. The predicted octanol–water partition coefficient (Wildman–Crippen LogP) is 3.06. The van der Waals surface area contributed by atoms with Crippen molar-refractivity contribution in [1.82, 2.24) is 0 Å². The maximum Gasteiger partial charge on any atom is 0.330 e. The van der Waals surface area contributed by atoms with Crippen LogP contribution in [-0.2, 0) is 14.4 Å². The summed E-state index contributed by atoms with van der Waals surface area (Å²) in [6, 6.07) is 7.58. The molecule has 0 aliphatic carbocycles. The molecule has 0 fully saturated rings. The van der Waals surface area contributed by atoms with Gasteiger partial charge in [0, 0.05) is 6.08 Å². The van der Waals surface area contributed by atoms with Gasteiger partial charge in [0.25, 0.3) is 0 Å². The first-order valence-corrected chi connectivity index (χ1v) is 5.86. The number of hydrogen-bond donors (Lipinski definition) is 0. The fourth-order valence-electron chi connectivity index (χ4n) is 1.22. The molecule has 4 nitrogen and oxygen atoms in total. The van der Waals surface area contributed by atoms with Gasteiger partial charge in [-0.2, -0.15) is 0 Å². The summed E-state index contributed by atoms with van der Waals surface area (Å²) in [6.45, 7) is 4.59. The number of carbonyl (C=O) groups excluding carboxylic acids is 1. The van der Waals surface area contributed by atoms with Gasteiger partial charge in [0.1, 0.15) is 6.61 Å². The zero-order chi connectivity index (χ0) is 13.2. The molecule has 5 heteroatoms. The molecule has 0 aliphatic rings. The summed E-state index contributed by atoms with van der Waals surface area (Å²) in [5.74, 6) is -0.334. The van der Waals surface area contributed by atoms with E-state index in [0.29, 0.717) is 13.2 Å². The number of ether oxygens (including phenoxy) is 1. The van der Waals surface area contributed by atoms with Crippen LogP contribution in [-0.4, -0.2) is 25.4 Å². The van der Waals surface area contributed by atoms with E-state index in [1.807, 2.05) is 31.2 Å². The molecule has 0 bridgehead atoms. The van der Waals surface area contributed by atoms with Crippen LogP contribution in [0.5, 0.6) is 0 Å². The molecule has 0 spiro atoms. The van der Waals surface area contributed by atoms with Crippen molar-refractivity contribution in [2.45, 2.75) is 13.8 Å². The molecule has 0 heterocycles. The maximum absolute atomic E-state index is 11.1. The summed E-state index contributed by atoms with van der Waals surface area (Å²) in [4.78, 5) is 16.0. The Kier molecular flexibility index (Phi) is 9.18. The van der Waals surface area contributed by atoms with Crippen LogP contribution in [0.2, 0.25) is 0 Å². The molecular weight excluding hydrogens is 266 g/mol. The van der Waals surface area contributed by atoms with Crippen molar-refractivity contribution in [2.75, 3.05) is 13.2 Å². The van der Waals surface area contributed by atoms with E-state index in [1.165, 1.54) is 6.08 Å². The SMILES string of the molecule is CCO/N=C/c1ccc(/C=C/C(=O)OCC)cc1.Cl. The van der Waals surface area contributed by atoms with Crippen LogP contribution in [0, 0.1) is 0 Å². The summed E-state index contributed by atoms with van der Waals surface area (Å²) in [7, 11) is 0. The monoisotopic (exact) mass is 283 g/mol. The first kappa shape index (κ1) is 17.2. The van der Waals surface area contributed by atoms with Crippen molar-refractivity contribution in [3.63, 3.8) is 0 Å². The smallest absolute Gasteiger partial charge is 0.330 e. The van der Waals surface area contributed by atoms with Crippen molar-refractivity contribution < 1.29 is 14.4 Å². The molecule has 1 aromatic rings. The van der Waals surface area contributed by atoms with Gasteiger partial charge in [0.05, 0.1) is 12.8 Å². The largest absolute Gasteiger partial charge is 0.463 e. The fourth-order valence-corrected chi connectivity index (χ4v) is 1.22. The van der Waals surface area contributed by atoms with Gasteiger partial charge in [-0.3, -0.25) is 0 Å². The minimum absolute atomic E-state index is 0. The molecule has 1 aromatic carbocycles. The second-order valence-electron chi connectivity index (χ2n) is 3.40. The molecule has 19 heavy (non-hydrogen) atoms. The second-order valence-corrected chi connectivity index (χ2v) is 3.40. The van der Waals surface area contributed by atoms with E-state index in [-0.39, 0.29) is 18.4 Å². The van der Waals surface area contributed by atoms with Gasteiger partial charge >= 0.3 is 5.97 Å². The number of nitrogens with zero attached hydrogens (tertiary/aromatic N) is 1. The Balaban J connectivity index is 0.00000324. The van der Waals surface area contributed by atoms with E-state index in [9.17, 15) is 4.79 Å². The third-order valence-electron chi connectivity index (χ3n) is 2.04. The summed E-state index contributed by atoms with van der Waals surface area (Å²) < 4.78 is 4.79. The average Bonchev–Trinajstić information content (AvgIpc) is 2.38. The lowest BCUT2D eigenvalue weighted by Gasteiger charge is -1.97. The lowest BCUT2D eigenvalue weighted by atomic mass is 10.1. The molecule has 0 saturated carbocycles. The van der Waals surface area contributed by atoms with Crippen molar-refractivity contribution in [3.8, 4) is 0 Å². The molecule has 0 radical (unpaired) electrons. The van der Waals surface area contributed by atoms with E-state index < -0.39 is 0 Å². The van der Waals surface area contributed by atoms with Gasteiger partial charge in [0.15, 0.2) is 0 Å². The van der Waals surface area contributed by atoms with E-state index in [1.54, 1.807) is 19.2 Å². The van der Waals surface area contributed by atoms with Crippen molar-refractivity contribution in [2.24, 2.45) is 5.16 Å². The zero-order valence-corrected chi connectivity index (χ0v) is 11.9. The lowest BCUT2D eigenvalue weighted by molar-refractivity contribution is -0.137. The molecular formula is C14H18ClNO3. The van der Waals surface area contributed by atoms with Crippen LogP contribution < -0.4 is 0 Å². The molecule has 104 valence electrons. The Bertz CT molecular complexity index is 427. The molecule has 0 unspecified atom stereocenters. The minimum atomic E-state index is -0.334. The van der Waals surface area contributed by atoms with E-state index in [0.717, 1.165) is 11.1 Å². The standard InChI is InChI=1S/C14H17NO3.ClH/c1-3-17-14(16)10-9-12-5-7-13(8-6-12)11-15-18-4-2;/h5-11H,3-4H2,1-2H3;1H/b10-9+,15-11+;. The van der Waals surface area contributed by atoms with Gasteiger partial charge in [-0.15, -0.1) is 12.4 Å². The summed E-state index contributed by atoms with van der Waals surface area (Å²) in [6.07, 6.45) is 4.76. The molecule has 0 saturated heterocycles. The van der Waals surface area contributed by atoms with Crippen LogP contribution in [0.3, 0.4) is 0 Å². The summed E-state index contributed by atoms with van der Waals surface area (Å²) >= 11 is 0. The fraction of sp³-hybridized carbons (Fsp3) is 0.286. The summed E-state index contributed by atoms with van der Waals surface area (Å²) in [5, 5.41) is 3.77. The van der Waals surface area contributed by atoms with Gasteiger partial charge in [-0.1, -0.05) is 29.4 Å². The van der Waals surface area contributed by atoms with Gasteiger partial charge in [-0.25, -0.2) is 4.79 Å². The molecule has 0 aliphatic heterocycles. The Morgan fingerprint density at radius 3 is 2.37 bits per heavy atom. The highest BCUT2D eigenvalue weighted by atomic mass is 35.5. The van der Waals surface area contributed by atoms with Gasteiger partial charge in [-0.05, 0) is 31.1 Å². The highest BCUT2D eigenvalue weighted by molar-refractivity contribution is 5.87.